The molecule has 0 aliphatic carbocycles. The summed E-state index contributed by atoms with van der Waals surface area (Å²) < 4.78 is 0. The molecule has 1 rings (SSSR count). The highest BCUT2D eigenvalue weighted by atomic mass is 16.2. The van der Waals surface area contributed by atoms with Gasteiger partial charge in [0.2, 0.25) is 0 Å². The van der Waals surface area contributed by atoms with E-state index in [0.29, 0.717) is 12.1 Å². The first-order valence-electron chi connectivity index (χ1n) is 5.19. The molecule has 0 bridgehead atoms. The Morgan fingerprint density at radius 3 is 2.50 bits per heavy atom. The summed E-state index contributed by atoms with van der Waals surface area (Å²) in [6, 6.07) is 0.790. The Morgan fingerprint density at radius 1 is 1.50 bits per heavy atom. The summed E-state index contributed by atoms with van der Waals surface area (Å²) in [5, 5.41) is 0. The Labute approximate surface area is 86.4 Å². The molecule has 1 atom stereocenters. The maximum absolute atomic E-state index is 11.8. The Hall–Kier alpha value is -0.990. The van der Waals surface area contributed by atoms with Crippen LogP contribution in [0.15, 0.2) is 11.8 Å². The first kappa shape index (κ1) is 11.1. The van der Waals surface area contributed by atoms with Crippen LogP contribution in [0, 0.1) is 0 Å². The molecule has 3 heteroatoms. The van der Waals surface area contributed by atoms with E-state index in [4.69, 9.17) is 0 Å². The second-order valence-electron chi connectivity index (χ2n) is 4.21. The number of allylic oxidation sites excluding steroid dienone is 1. The molecule has 3 nitrogen and oxygen atoms in total. The fourth-order valence-corrected chi connectivity index (χ4v) is 2.17. The van der Waals surface area contributed by atoms with Crippen molar-refractivity contribution in [2.45, 2.75) is 39.8 Å². The van der Waals surface area contributed by atoms with Gasteiger partial charge in [0.25, 0.3) is 5.91 Å². The van der Waals surface area contributed by atoms with Gasteiger partial charge in [0, 0.05) is 25.7 Å². The monoisotopic (exact) mass is 196 g/mol. The fraction of sp³-hybridized carbons (Fsp3) is 0.727. The molecular formula is C11H20N2O. The van der Waals surface area contributed by atoms with E-state index in [1.54, 1.807) is 4.90 Å². The summed E-state index contributed by atoms with van der Waals surface area (Å²) in [6.45, 7) is 9.15. The summed E-state index contributed by atoms with van der Waals surface area (Å²) >= 11 is 0. The fourth-order valence-electron chi connectivity index (χ4n) is 2.17. The highest BCUT2D eigenvalue weighted by molar-refractivity contribution is 5.93. The van der Waals surface area contributed by atoms with E-state index in [1.807, 2.05) is 20.0 Å². The lowest BCUT2D eigenvalue weighted by atomic mass is 10.1. The average Bonchev–Trinajstić information content (AvgIpc) is 2.09. The molecule has 0 N–H and O–H groups in total. The van der Waals surface area contributed by atoms with Crippen LogP contribution in [0.1, 0.15) is 27.7 Å². The standard InChI is InChI=1S/C11H20N2O/c1-6-10-11(14)12(5)7-9(4)13(10)8(2)3/h6,8-9H,7H2,1-5H3/b10-6+. The topological polar surface area (TPSA) is 23.6 Å². The lowest BCUT2D eigenvalue weighted by Crippen LogP contribution is -2.54. The van der Waals surface area contributed by atoms with E-state index in [0.717, 1.165) is 12.2 Å². The number of amides is 1. The number of carbonyl (C=O) groups is 1. The van der Waals surface area contributed by atoms with Crippen molar-refractivity contribution < 1.29 is 4.79 Å². The SMILES string of the molecule is C/C=C1\C(=O)N(C)CC(C)N1C(C)C. The third-order valence-corrected chi connectivity index (χ3v) is 2.69. The maximum Gasteiger partial charge on any atom is 0.269 e. The molecule has 1 aliphatic rings. The highest BCUT2D eigenvalue weighted by Gasteiger charge is 2.32. The van der Waals surface area contributed by atoms with Crippen LogP contribution < -0.4 is 0 Å². The van der Waals surface area contributed by atoms with E-state index in [2.05, 4.69) is 25.7 Å². The van der Waals surface area contributed by atoms with E-state index in [1.165, 1.54) is 0 Å². The molecule has 1 fully saturated rings. The normalized spacial score (nSPS) is 26.6. The van der Waals surface area contributed by atoms with E-state index in [9.17, 15) is 4.79 Å². The molecule has 0 spiro atoms. The lowest BCUT2D eigenvalue weighted by Gasteiger charge is -2.43. The van der Waals surface area contributed by atoms with Crippen molar-refractivity contribution in [3.05, 3.63) is 11.8 Å². The predicted octanol–water partition coefficient (Wildman–Crippen LogP) is 1.46. The van der Waals surface area contributed by atoms with Gasteiger partial charge in [-0.05, 0) is 27.7 Å². The molecule has 0 aromatic rings. The molecular weight excluding hydrogens is 176 g/mol. The molecule has 1 heterocycles. The molecule has 1 amide bonds. The van der Waals surface area contributed by atoms with Crippen LogP contribution >= 0.6 is 0 Å². The van der Waals surface area contributed by atoms with Crippen molar-refractivity contribution in [3.8, 4) is 0 Å². The summed E-state index contributed by atoms with van der Waals surface area (Å²) in [5.74, 6) is 0.138. The van der Waals surface area contributed by atoms with Gasteiger partial charge in [-0.2, -0.15) is 0 Å². The van der Waals surface area contributed by atoms with Crippen molar-refractivity contribution >= 4 is 5.91 Å². The number of rotatable bonds is 1. The van der Waals surface area contributed by atoms with Gasteiger partial charge in [-0.15, -0.1) is 0 Å². The Bertz CT molecular complexity index is 258. The number of likely N-dealkylation sites (N-methyl/N-ethyl adjacent to an activating group) is 1. The van der Waals surface area contributed by atoms with Crippen LogP contribution in [-0.2, 0) is 4.79 Å². The van der Waals surface area contributed by atoms with Crippen LogP contribution in [0.25, 0.3) is 0 Å². The Balaban J connectivity index is 2.98. The molecule has 0 aromatic carbocycles. The number of hydrogen-bond donors (Lipinski definition) is 0. The minimum absolute atomic E-state index is 0.138. The summed E-state index contributed by atoms with van der Waals surface area (Å²) in [4.78, 5) is 15.8. The highest BCUT2D eigenvalue weighted by Crippen LogP contribution is 2.21. The van der Waals surface area contributed by atoms with Gasteiger partial charge in [0.05, 0.1) is 5.70 Å². The van der Waals surface area contributed by atoms with Gasteiger partial charge in [0.1, 0.15) is 0 Å². The molecule has 14 heavy (non-hydrogen) atoms. The van der Waals surface area contributed by atoms with E-state index < -0.39 is 0 Å². The molecule has 1 saturated heterocycles. The van der Waals surface area contributed by atoms with Gasteiger partial charge in [-0.1, -0.05) is 6.08 Å². The molecule has 0 radical (unpaired) electrons. The van der Waals surface area contributed by atoms with Gasteiger partial charge < -0.3 is 9.80 Å². The van der Waals surface area contributed by atoms with Gasteiger partial charge >= 0.3 is 0 Å². The van der Waals surface area contributed by atoms with Crippen molar-refractivity contribution in [2.75, 3.05) is 13.6 Å². The van der Waals surface area contributed by atoms with Crippen molar-refractivity contribution in [2.24, 2.45) is 0 Å². The average molecular weight is 196 g/mol. The lowest BCUT2D eigenvalue weighted by molar-refractivity contribution is -0.132. The van der Waals surface area contributed by atoms with Crippen molar-refractivity contribution in [3.63, 3.8) is 0 Å². The van der Waals surface area contributed by atoms with E-state index >= 15 is 0 Å². The van der Waals surface area contributed by atoms with Crippen LogP contribution in [0.5, 0.6) is 0 Å². The minimum atomic E-state index is 0.138. The molecule has 0 saturated carbocycles. The number of hydrogen-bond acceptors (Lipinski definition) is 2. The van der Waals surface area contributed by atoms with Gasteiger partial charge in [0.15, 0.2) is 0 Å². The van der Waals surface area contributed by atoms with Crippen LogP contribution in [0.2, 0.25) is 0 Å². The van der Waals surface area contributed by atoms with Crippen molar-refractivity contribution in [1.29, 1.82) is 0 Å². The molecule has 1 unspecified atom stereocenters. The van der Waals surface area contributed by atoms with Crippen LogP contribution in [-0.4, -0.2) is 41.4 Å². The zero-order chi connectivity index (χ0) is 10.9. The molecule has 80 valence electrons. The number of nitrogens with zero attached hydrogens (tertiary/aromatic N) is 2. The van der Waals surface area contributed by atoms with Crippen LogP contribution in [0.4, 0.5) is 0 Å². The molecule has 0 aromatic heterocycles. The van der Waals surface area contributed by atoms with Gasteiger partial charge in [-0.25, -0.2) is 0 Å². The first-order chi connectivity index (χ1) is 6.49. The summed E-state index contributed by atoms with van der Waals surface area (Å²) in [6.07, 6.45) is 1.91. The Morgan fingerprint density at radius 2 is 2.07 bits per heavy atom. The van der Waals surface area contributed by atoms with Gasteiger partial charge in [-0.3, -0.25) is 4.79 Å². The maximum atomic E-state index is 11.8. The summed E-state index contributed by atoms with van der Waals surface area (Å²) in [5.41, 5.74) is 0.834. The zero-order valence-electron chi connectivity index (χ0n) is 9.74. The second kappa shape index (κ2) is 4.03. The Kier molecular flexibility index (Phi) is 3.19. The predicted molar refractivity (Wildman–Crippen MR) is 57.8 cm³/mol. The van der Waals surface area contributed by atoms with Crippen molar-refractivity contribution in [1.82, 2.24) is 9.80 Å². The largest absolute Gasteiger partial charge is 0.360 e. The van der Waals surface area contributed by atoms with Crippen LogP contribution in [0.3, 0.4) is 0 Å². The number of carbonyl (C=O) groups excluding carboxylic acids is 1. The third-order valence-electron chi connectivity index (χ3n) is 2.69. The second-order valence-corrected chi connectivity index (χ2v) is 4.21. The quantitative estimate of drug-likeness (QED) is 0.593. The smallest absolute Gasteiger partial charge is 0.269 e. The minimum Gasteiger partial charge on any atom is -0.360 e. The number of piperazine rings is 1. The zero-order valence-corrected chi connectivity index (χ0v) is 9.74. The van der Waals surface area contributed by atoms with E-state index in [-0.39, 0.29) is 5.91 Å². The molecule has 1 aliphatic heterocycles. The third kappa shape index (κ3) is 1.76. The summed E-state index contributed by atoms with van der Waals surface area (Å²) in [7, 11) is 1.86. The first-order valence-corrected chi connectivity index (χ1v) is 5.19.